The average Bonchev–Trinajstić information content (AvgIpc) is 2.42. The van der Waals surface area contributed by atoms with E-state index in [1.807, 2.05) is 30.3 Å². The molecule has 3 nitrogen and oxygen atoms in total. The lowest BCUT2D eigenvalue weighted by atomic mass is 10.3. The molecule has 0 saturated heterocycles. The maximum absolute atomic E-state index is 5.70. The molecule has 0 atom stereocenters. The molecule has 0 aliphatic rings. The lowest BCUT2D eigenvalue weighted by Gasteiger charge is -2.21. The SMILES string of the molecule is CCN(CCCOc1ccccc1)CCNC(C)C. The summed E-state index contributed by atoms with van der Waals surface area (Å²) in [6.07, 6.45) is 1.07. The van der Waals surface area contributed by atoms with Gasteiger partial charge < -0.3 is 15.0 Å². The van der Waals surface area contributed by atoms with Gasteiger partial charge in [0.05, 0.1) is 6.61 Å². The fraction of sp³-hybridized carbons (Fsp3) is 0.625. The van der Waals surface area contributed by atoms with E-state index >= 15 is 0 Å². The van der Waals surface area contributed by atoms with Crippen molar-refractivity contribution in [3.8, 4) is 5.75 Å². The summed E-state index contributed by atoms with van der Waals surface area (Å²) in [5.41, 5.74) is 0. The Morgan fingerprint density at radius 1 is 1.16 bits per heavy atom. The number of rotatable bonds is 10. The van der Waals surface area contributed by atoms with Crippen LogP contribution in [0.5, 0.6) is 5.75 Å². The molecule has 0 aliphatic heterocycles. The minimum absolute atomic E-state index is 0.570. The summed E-state index contributed by atoms with van der Waals surface area (Å²) in [4.78, 5) is 2.46. The first-order chi connectivity index (χ1) is 9.22. The van der Waals surface area contributed by atoms with Gasteiger partial charge in [-0.2, -0.15) is 0 Å². The molecule has 0 bridgehead atoms. The summed E-state index contributed by atoms with van der Waals surface area (Å²) in [5.74, 6) is 0.965. The van der Waals surface area contributed by atoms with Crippen LogP contribution in [-0.4, -0.2) is 43.7 Å². The van der Waals surface area contributed by atoms with Crippen LogP contribution in [0.25, 0.3) is 0 Å². The third-order valence-electron chi connectivity index (χ3n) is 3.06. The van der Waals surface area contributed by atoms with E-state index < -0.39 is 0 Å². The fourth-order valence-corrected chi connectivity index (χ4v) is 1.93. The number of benzene rings is 1. The highest BCUT2D eigenvalue weighted by molar-refractivity contribution is 5.20. The van der Waals surface area contributed by atoms with Gasteiger partial charge in [-0.25, -0.2) is 0 Å². The predicted octanol–water partition coefficient (Wildman–Crippen LogP) is 2.78. The second-order valence-corrected chi connectivity index (χ2v) is 5.06. The van der Waals surface area contributed by atoms with Crippen molar-refractivity contribution in [3.05, 3.63) is 30.3 Å². The minimum atomic E-state index is 0.570. The van der Waals surface area contributed by atoms with Crippen LogP contribution >= 0.6 is 0 Å². The molecule has 1 aromatic carbocycles. The van der Waals surface area contributed by atoms with Gasteiger partial charge in [0, 0.05) is 25.7 Å². The molecule has 19 heavy (non-hydrogen) atoms. The number of nitrogens with zero attached hydrogens (tertiary/aromatic N) is 1. The third kappa shape index (κ3) is 7.85. The quantitative estimate of drug-likeness (QED) is 0.658. The van der Waals surface area contributed by atoms with Crippen LogP contribution < -0.4 is 10.1 Å². The van der Waals surface area contributed by atoms with E-state index in [1.165, 1.54) is 0 Å². The van der Waals surface area contributed by atoms with Crippen molar-refractivity contribution in [1.82, 2.24) is 10.2 Å². The maximum atomic E-state index is 5.70. The van der Waals surface area contributed by atoms with Crippen LogP contribution in [0, 0.1) is 0 Å². The van der Waals surface area contributed by atoms with Crippen LogP contribution in [0.4, 0.5) is 0 Å². The molecular weight excluding hydrogens is 236 g/mol. The second-order valence-electron chi connectivity index (χ2n) is 5.06. The van der Waals surface area contributed by atoms with Crippen molar-refractivity contribution in [2.75, 3.05) is 32.8 Å². The highest BCUT2D eigenvalue weighted by atomic mass is 16.5. The Bertz CT molecular complexity index is 314. The lowest BCUT2D eigenvalue weighted by molar-refractivity contribution is 0.240. The van der Waals surface area contributed by atoms with Crippen molar-refractivity contribution in [2.45, 2.75) is 33.2 Å². The summed E-state index contributed by atoms with van der Waals surface area (Å²) < 4.78 is 5.70. The molecule has 3 heteroatoms. The minimum Gasteiger partial charge on any atom is -0.494 e. The summed E-state index contributed by atoms with van der Waals surface area (Å²) in [7, 11) is 0. The van der Waals surface area contributed by atoms with Crippen LogP contribution in [-0.2, 0) is 0 Å². The molecule has 0 spiro atoms. The molecule has 0 saturated carbocycles. The Morgan fingerprint density at radius 3 is 2.53 bits per heavy atom. The van der Waals surface area contributed by atoms with Gasteiger partial charge in [-0.1, -0.05) is 39.0 Å². The van der Waals surface area contributed by atoms with Gasteiger partial charge in [0.15, 0.2) is 0 Å². The van der Waals surface area contributed by atoms with E-state index in [0.717, 1.165) is 45.0 Å². The van der Waals surface area contributed by atoms with Crippen molar-refractivity contribution < 1.29 is 4.74 Å². The molecule has 1 rings (SSSR count). The predicted molar refractivity (Wildman–Crippen MR) is 81.8 cm³/mol. The molecule has 0 heterocycles. The molecular formula is C16H28N2O. The number of nitrogens with one attached hydrogen (secondary N) is 1. The number of para-hydroxylation sites is 1. The van der Waals surface area contributed by atoms with E-state index in [-0.39, 0.29) is 0 Å². The molecule has 0 fully saturated rings. The third-order valence-corrected chi connectivity index (χ3v) is 3.06. The number of likely N-dealkylation sites (N-methyl/N-ethyl adjacent to an activating group) is 1. The first-order valence-electron chi connectivity index (χ1n) is 7.36. The van der Waals surface area contributed by atoms with E-state index in [0.29, 0.717) is 6.04 Å². The molecule has 108 valence electrons. The van der Waals surface area contributed by atoms with E-state index in [2.05, 4.69) is 31.0 Å². The Hall–Kier alpha value is -1.06. The van der Waals surface area contributed by atoms with Crippen molar-refractivity contribution >= 4 is 0 Å². The molecule has 0 aromatic heterocycles. The van der Waals surface area contributed by atoms with Gasteiger partial charge >= 0.3 is 0 Å². The van der Waals surface area contributed by atoms with Gasteiger partial charge in [0.2, 0.25) is 0 Å². The topological polar surface area (TPSA) is 24.5 Å². The zero-order chi connectivity index (χ0) is 13.9. The molecule has 0 aliphatic carbocycles. The molecule has 1 N–H and O–H groups in total. The monoisotopic (exact) mass is 264 g/mol. The first kappa shape index (κ1) is 16.0. The Kier molecular flexibility index (Phi) is 8.26. The zero-order valence-electron chi connectivity index (χ0n) is 12.6. The summed E-state index contributed by atoms with van der Waals surface area (Å²) in [5, 5.41) is 3.45. The second kappa shape index (κ2) is 9.82. The Balaban J connectivity index is 2.09. The summed E-state index contributed by atoms with van der Waals surface area (Å²) in [6.45, 7) is 11.7. The van der Waals surface area contributed by atoms with E-state index in [1.54, 1.807) is 0 Å². The zero-order valence-corrected chi connectivity index (χ0v) is 12.6. The van der Waals surface area contributed by atoms with Gasteiger partial charge in [0.1, 0.15) is 5.75 Å². The molecule has 0 radical (unpaired) electrons. The van der Waals surface area contributed by atoms with Gasteiger partial charge in [-0.3, -0.25) is 0 Å². The number of hydrogen-bond donors (Lipinski definition) is 1. The molecule has 0 amide bonds. The van der Waals surface area contributed by atoms with E-state index in [9.17, 15) is 0 Å². The normalized spacial score (nSPS) is 11.2. The van der Waals surface area contributed by atoms with Crippen molar-refractivity contribution in [3.63, 3.8) is 0 Å². The summed E-state index contributed by atoms with van der Waals surface area (Å²) in [6, 6.07) is 10.6. The lowest BCUT2D eigenvalue weighted by Crippen LogP contribution is -2.35. The highest BCUT2D eigenvalue weighted by Crippen LogP contribution is 2.08. The molecule has 1 aromatic rings. The first-order valence-corrected chi connectivity index (χ1v) is 7.36. The standard InChI is InChI=1S/C16H28N2O/c1-4-18(13-11-17-15(2)3)12-8-14-19-16-9-6-5-7-10-16/h5-7,9-10,15,17H,4,8,11-14H2,1-3H3. The molecule has 0 unspecified atom stereocenters. The van der Waals surface area contributed by atoms with Crippen LogP contribution in [0.3, 0.4) is 0 Å². The number of hydrogen-bond acceptors (Lipinski definition) is 3. The smallest absolute Gasteiger partial charge is 0.119 e. The fourth-order valence-electron chi connectivity index (χ4n) is 1.93. The maximum Gasteiger partial charge on any atom is 0.119 e. The largest absolute Gasteiger partial charge is 0.494 e. The highest BCUT2D eigenvalue weighted by Gasteiger charge is 2.02. The van der Waals surface area contributed by atoms with Gasteiger partial charge in [0.25, 0.3) is 0 Å². The average molecular weight is 264 g/mol. The van der Waals surface area contributed by atoms with Crippen molar-refractivity contribution in [1.29, 1.82) is 0 Å². The van der Waals surface area contributed by atoms with Crippen molar-refractivity contribution in [2.24, 2.45) is 0 Å². The van der Waals surface area contributed by atoms with Crippen LogP contribution in [0.2, 0.25) is 0 Å². The Morgan fingerprint density at radius 2 is 1.89 bits per heavy atom. The van der Waals surface area contributed by atoms with Gasteiger partial charge in [-0.05, 0) is 25.1 Å². The number of ether oxygens (including phenoxy) is 1. The summed E-state index contributed by atoms with van der Waals surface area (Å²) >= 11 is 0. The van der Waals surface area contributed by atoms with Crippen LogP contribution in [0.1, 0.15) is 27.2 Å². The Labute approximate surface area is 118 Å². The van der Waals surface area contributed by atoms with Gasteiger partial charge in [-0.15, -0.1) is 0 Å². The van der Waals surface area contributed by atoms with Crippen LogP contribution in [0.15, 0.2) is 30.3 Å². The van der Waals surface area contributed by atoms with E-state index in [4.69, 9.17) is 4.74 Å².